The standard InChI is InChI=1S/C16H20N2O/c1-11-10-12-6-2-5-9-14(12)15(16(11)19)18-17-13-7-3-4-8-13/h2,5-6,9-11,13-14,17H,3-4,7-8H2,1H3/b18-15-. The fourth-order valence-electron chi connectivity index (χ4n) is 3.06. The molecule has 3 nitrogen and oxygen atoms in total. The predicted molar refractivity (Wildman–Crippen MR) is 76.9 cm³/mol. The first-order chi connectivity index (χ1) is 9.25. The largest absolute Gasteiger partial charge is 0.307 e. The van der Waals surface area contributed by atoms with Gasteiger partial charge in [0.2, 0.25) is 0 Å². The summed E-state index contributed by atoms with van der Waals surface area (Å²) >= 11 is 0. The molecule has 3 aliphatic carbocycles. The molecule has 0 saturated heterocycles. The highest BCUT2D eigenvalue weighted by molar-refractivity contribution is 6.43. The lowest BCUT2D eigenvalue weighted by Gasteiger charge is -2.26. The van der Waals surface area contributed by atoms with Crippen LogP contribution < -0.4 is 5.43 Å². The van der Waals surface area contributed by atoms with E-state index in [1.165, 1.54) is 31.3 Å². The van der Waals surface area contributed by atoms with E-state index in [2.05, 4.69) is 28.8 Å². The Labute approximate surface area is 114 Å². The maximum absolute atomic E-state index is 12.3. The molecule has 2 atom stereocenters. The van der Waals surface area contributed by atoms with Crippen molar-refractivity contribution in [3.63, 3.8) is 0 Å². The molecule has 0 radical (unpaired) electrons. The summed E-state index contributed by atoms with van der Waals surface area (Å²) in [6, 6.07) is 0.452. The van der Waals surface area contributed by atoms with Gasteiger partial charge in [0.25, 0.3) is 0 Å². The fourth-order valence-corrected chi connectivity index (χ4v) is 3.06. The minimum atomic E-state index is -0.0634. The molecule has 0 aliphatic heterocycles. The van der Waals surface area contributed by atoms with E-state index < -0.39 is 0 Å². The normalized spacial score (nSPS) is 32.6. The van der Waals surface area contributed by atoms with Crippen LogP contribution in [-0.4, -0.2) is 17.5 Å². The molecular formula is C16H20N2O. The Bertz CT molecular complexity index is 493. The number of ketones is 1. The third kappa shape index (κ3) is 2.42. The van der Waals surface area contributed by atoms with Crippen molar-refractivity contribution in [1.29, 1.82) is 0 Å². The molecule has 0 aromatic heterocycles. The summed E-state index contributed by atoms with van der Waals surface area (Å²) in [6.07, 6.45) is 15.1. The second kappa shape index (κ2) is 5.16. The Morgan fingerprint density at radius 2 is 2.05 bits per heavy atom. The van der Waals surface area contributed by atoms with E-state index in [9.17, 15) is 4.79 Å². The zero-order valence-electron chi connectivity index (χ0n) is 11.3. The summed E-state index contributed by atoms with van der Waals surface area (Å²) in [6.45, 7) is 1.95. The van der Waals surface area contributed by atoms with Gasteiger partial charge in [-0.15, -0.1) is 0 Å². The third-order valence-corrected chi connectivity index (χ3v) is 4.19. The molecule has 2 unspecified atom stereocenters. The highest BCUT2D eigenvalue weighted by Crippen LogP contribution is 2.28. The molecule has 0 aromatic rings. The molecule has 100 valence electrons. The molecule has 3 rings (SSSR count). The van der Waals surface area contributed by atoms with E-state index in [1.54, 1.807) is 0 Å². The molecule has 0 amide bonds. The molecule has 1 saturated carbocycles. The number of carbonyl (C=O) groups is 1. The number of hydrogen-bond donors (Lipinski definition) is 1. The van der Waals surface area contributed by atoms with Gasteiger partial charge in [-0.1, -0.05) is 50.1 Å². The van der Waals surface area contributed by atoms with Gasteiger partial charge < -0.3 is 5.43 Å². The van der Waals surface area contributed by atoms with Crippen molar-refractivity contribution in [2.45, 2.75) is 38.6 Å². The topological polar surface area (TPSA) is 41.5 Å². The molecular weight excluding hydrogens is 236 g/mol. The average molecular weight is 256 g/mol. The lowest BCUT2D eigenvalue weighted by Crippen LogP contribution is -2.36. The molecule has 0 aromatic carbocycles. The molecule has 1 fully saturated rings. The van der Waals surface area contributed by atoms with Gasteiger partial charge in [0.1, 0.15) is 5.71 Å². The van der Waals surface area contributed by atoms with E-state index in [4.69, 9.17) is 0 Å². The first kappa shape index (κ1) is 12.4. The second-order valence-electron chi connectivity index (χ2n) is 5.65. The Morgan fingerprint density at radius 3 is 2.84 bits per heavy atom. The van der Waals surface area contributed by atoms with Crippen LogP contribution in [0.1, 0.15) is 32.6 Å². The van der Waals surface area contributed by atoms with Crippen molar-refractivity contribution in [3.8, 4) is 0 Å². The van der Waals surface area contributed by atoms with E-state index in [-0.39, 0.29) is 17.6 Å². The summed E-state index contributed by atoms with van der Waals surface area (Å²) in [5, 5.41) is 4.47. The van der Waals surface area contributed by atoms with Crippen LogP contribution in [0.3, 0.4) is 0 Å². The fraction of sp³-hybridized carbons (Fsp3) is 0.500. The maximum Gasteiger partial charge on any atom is 0.186 e. The smallest absolute Gasteiger partial charge is 0.186 e. The van der Waals surface area contributed by atoms with Gasteiger partial charge in [-0.05, 0) is 18.4 Å². The van der Waals surface area contributed by atoms with Crippen LogP contribution in [0.5, 0.6) is 0 Å². The minimum Gasteiger partial charge on any atom is -0.307 e. The van der Waals surface area contributed by atoms with Crippen molar-refractivity contribution in [2.24, 2.45) is 16.9 Å². The number of allylic oxidation sites excluding steroid dienone is 6. The van der Waals surface area contributed by atoms with Gasteiger partial charge >= 0.3 is 0 Å². The van der Waals surface area contributed by atoms with Crippen LogP contribution in [0.2, 0.25) is 0 Å². The van der Waals surface area contributed by atoms with E-state index in [1.807, 2.05) is 19.1 Å². The number of nitrogens with one attached hydrogen (secondary N) is 1. The number of hydrogen-bond acceptors (Lipinski definition) is 3. The van der Waals surface area contributed by atoms with E-state index in [0.29, 0.717) is 11.8 Å². The van der Waals surface area contributed by atoms with Gasteiger partial charge in [0.15, 0.2) is 5.78 Å². The number of Topliss-reactive ketones (excluding diaryl/α,β-unsaturated/α-hetero) is 1. The second-order valence-corrected chi connectivity index (χ2v) is 5.65. The van der Waals surface area contributed by atoms with Crippen LogP contribution >= 0.6 is 0 Å². The number of fused-ring (bicyclic) bond motifs is 1. The molecule has 3 aliphatic rings. The summed E-state index contributed by atoms with van der Waals surface area (Å²) < 4.78 is 0. The molecule has 1 N–H and O–H groups in total. The van der Waals surface area contributed by atoms with E-state index in [0.717, 1.165) is 0 Å². The first-order valence-electron chi connectivity index (χ1n) is 7.19. The van der Waals surface area contributed by atoms with Crippen molar-refractivity contribution in [3.05, 3.63) is 36.0 Å². The van der Waals surface area contributed by atoms with Crippen LogP contribution in [-0.2, 0) is 4.79 Å². The minimum absolute atomic E-state index is 0.0441. The first-order valence-corrected chi connectivity index (χ1v) is 7.19. The Balaban J connectivity index is 1.83. The summed E-state index contributed by atoms with van der Waals surface area (Å²) in [5.74, 6) is 0.133. The third-order valence-electron chi connectivity index (χ3n) is 4.19. The molecule has 19 heavy (non-hydrogen) atoms. The Morgan fingerprint density at radius 1 is 1.26 bits per heavy atom. The molecule has 0 bridgehead atoms. The van der Waals surface area contributed by atoms with Gasteiger partial charge in [0.05, 0.1) is 0 Å². The van der Waals surface area contributed by atoms with Gasteiger partial charge in [-0.3, -0.25) is 4.79 Å². The highest BCUT2D eigenvalue weighted by Gasteiger charge is 2.32. The number of hydrazone groups is 1. The average Bonchev–Trinajstić information content (AvgIpc) is 2.92. The quantitative estimate of drug-likeness (QED) is 0.772. The predicted octanol–water partition coefficient (Wildman–Crippen LogP) is 2.76. The van der Waals surface area contributed by atoms with Crippen LogP contribution in [0.4, 0.5) is 0 Å². The van der Waals surface area contributed by atoms with Crippen LogP contribution in [0.15, 0.2) is 41.1 Å². The zero-order chi connectivity index (χ0) is 13.2. The highest BCUT2D eigenvalue weighted by atomic mass is 16.1. The monoisotopic (exact) mass is 256 g/mol. The van der Waals surface area contributed by atoms with E-state index >= 15 is 0 Å². The van der Waals surface area contributed by atoms with Gasteiger partial charge in [-0.2, -0.15) is 5.10 Å². The Hall–Kier alpha value is -1.64. The van der Waals surface area contributed by atoms with Crippen molar-refractivity contribution >= 4 is 11.5 Å². The number of rotatable bonds is 2. The lowest BCUT2D eigenvalue weighted by atomic mass is 9.78. The van der Waals surface area contributed by atoms with Crippen molar-refractivity contribution < 1.29 is 4.79 Å². The summed E-state index contributed by atoms with van der Waals surface area (Å²) in [5.41, 5.74) is 5.09. The van der Waals surface area contributed by atoms with Crippen molar-refractivity contribution in [2.75, 3.05) is 0 Å². The number of carbonyl (C=O) groups excluding carboxylic acids is 1. The SMILES string of the molecule is CC1C=C2C=CC=CC2/C(=N/NC2CCCC2)C1=O. The summed E-state index contributed by atoms with van der Waals surface area (Å²) in [7, 11) is 0. The number of nitrogens with zero attached hydrogens (tertiary/aromatic N) is 1. The van der Waals surface area contributed by atoms with Crippen molar-refractivity contribution in [1.82, 2.24) is 5.43 Å². The van der Waals surface area contributed by atoms with Gasteiger partial charge in [-0.25, -0.2) is 0 Å². The zero-order valence-corrected chi connectivity index (χ0v) is 11.3. The van der Waals surface area contributed by atoms with Crippen LogP contribution in [0, 0.1) is 11.8 Å². The lowest BCUT2D eigenvalue weighted by molar-refractivity contribution is -0.115. The van der Waals surface area contributed by atoms with Gasteiger partial charge in [0, 0.05) is 17.9 Å². The molecule has 3 heteroatoms. The Kier molecular flexibility index (Phi) is 3.36. The summed E-state index contributed by atoms with van der Waals surface area (Å²) in [4.78, 5) is 12.3. The molecule has 0 spiro atoms. The maximum atomic E-state index is 12.3. The molecule has 0 heterocycles. The van der Waals surface area contributed by atoms with Crippen LogP contribution in [0.25, 0.3) is 0 Å².